The second-order valence-electron chi connectivity index (χ2n) is 7.88. The fraction of sp³-hybridized carbons (Fsp3) is 0. The molecule has 0 aliphatic heterocycles. The van der Waals surface area contributed by atoms with Crippen LogP contribution >= 0.6 is 0 Å². The van der Waals surface area contributed by atoms with Gasteiger partial charge in [-0.25, -0.2) is 0 Å². The number of hydrogen-bond acceptors (Lipinski definition) is 1. The van der Waals surface area contributed by atoms with E-state index < -0.39 is 0 Å². The Morgan fingerprint density at radius 2 is 0.879 bits per heavy atom. The van der Waals surface area contributed by atoms with E-state index in [1.165, 1.54) is 11.1 Å². The second kappa shape index (κ2) is 9.37. The topological polar surface area (TPSA) is 22.0 Å². The number of aromatic nitrogens is 1. The Bertz CT molecular complexity index is 1320. The van der Waals surface area contributed by atoms with Crippen molar-refractivity contribution in [2.45, 2.75) is 0 Å². The zero-order valence-electron chi connectivity index (χ0n) is 18.1. The van der Waals surface area contributed by atoms with Crippen LogP contribution in [0.4, 0.5) is 0 Å². The molecule has 4 aromatic carbocycles. The van der Waals surface area contributed by atoms with Gasteiger partial charge in [-0.1, -0.05) is 109 Å². The molecule has 1 heterocycles. The van der Waals surface area contributed by atoms with Crippen molar-refractivity contribution < 1.29 is 4.79 Å². The number of carbonyl (C=O) groups is 1. The summed E-state index contributed by atoms with van der Waals surface area (Å²) in [6, 6.07) is 41.5. The molecule has 158 valence electrons. The summed E-state index contributed by atoms with van der Waals surface area (Å²) in [5.41, 5.74) is 8.67. The van der Waals surface area contributed by atoms with Crippen LogP contribution in [0.3, 0.4) is 0 Å². The second-order valence-corrected chi connectivity index (χ2v) is 7.88. The normalized spacial score (nSPS) is 11.0. The fourth-order valence-corrected chi connectivity index (χ4v) is 4.00. The molecular formula is C31H23NO. The van der Waals surface area contributed by atoms with Crippen LogP contribution in [0.25, 0.3) is 40.4 Å². The summed E-state index contributed by atoms with van der Waals surface area (Å²) >= 11 is 0. The van der Waals surface area contributed by atoms with Crippen LogP contribution in [0.5, 0.6) is 0 Å². The third kappa shape index (κ3) is 4.46. The van der Waals surface area contributed by atoms with Crippen LogP contribution in [-0.2, 0) is 0 Å². The van der Waals surface area contributed by atoms with Gasteiger partial charge in [-0.2, -0.15) is 0 Å². The number of rotatable bonds is 6. The molecule has 5 aromatic rings. The van der Waals surface area contributed by atoms with E-state index in [1.54, 1.807) is 0 Å². The van der Waals surface area contributed by atoms with Gasteiger partial charge in [0.2, 0.25) is 0 Å². The third-order valence-electron chi connectivity index (χ3n) is 5.71. The number of aldehydes is 1. The molecule has 2 nitrogen and oxygen atoms in total. The minimum absolute atomic E-state index is 0.687. The Balaban J connectivity index is 1.51. The molecule has 0 aliphatic rings. The van der Waals surface area contributed by atoms with Crippen LogP contribution in [-0.4, -0.2) is 10.9 Å². The molecule has 0 unspecified atom stereocenters. The zero-order chi connectivity index (χ0) is 22.5. The van der Waals surface area contributed by atoms with Gasteiger partial charge in [0.05, 0.1) is 11.4 Å². The van der Waals surface area contributed by atoms with Crippen LogP contribution < -0.4 is 0 Å². The maximum Gasteiger partial charge on any atom is 0.150 e. The van der Waals surface area contributed by atoms with Crippen molar-refractivity contribution in [3.05, 3.63) is 138 Å². The summed E-state index contributed by atoms with van der Waals surface area (Å²) in [4.78, 5) is 10.8. The first-order chi connectivity index (χ1) is 16.3. The zero-order valence-corrected chi connectivity index (χ0v) is 18.1. The van der Waals surface area contributed by atoms with Crippen molar-refractivity contribution in [3.63, 3.8) is 0 Å². The number of hydrogen-bond donors (Lipinski definition) is 0. The lowest BCUT2D eigenvalue weighted by Crippen LogP contribution is -1.99. The average Bonchev–Trinajstić information content (AvgIpc) is 3.34. The summed E-state index contributed by atoms with van der Waals surface area (Å²) in [5.74, 6) is 0. The van der Waals surface area contributed by atoms with Crippen molar-refractivity contribution in [1.82, 2.24) is 4.57 Å². The molecule has 0 radical (unpaired) electrons. The Kier molecular flexibility index (Phi) is 5.81. The monoisotopic (exact) mass is 425 g/mol. The SMILES string of the molecule is O=Cc1ccc(C=Cc2ccc(-n3c(-c4ccccc4)ccc3-c3ccccc3)cc2)cc1. The maximum atomic E-state index is 10.8. The molecule has 0 spiro atoms. The average molecular weight is 426 g/mol. The molecule has 0 fully saturated rings. The predicted molar refractivity (Wildman–Crippen MR) is 137 cm³/mol. The molecule has 1 aromatic heterocycles. The molecule has 5 rings (SSSR count). The van der Waals surface area contributed by atoms with E-state index in [9.17, 15) is 4.79 Å². The molecule has 2 heteroatoms. The molecule has 0 atom stereocenters. The van der Waals surface area contributed by atoms with E-state index in [4.69, 9.17) is 0 Å². The highest BCUT2D eigenvalue weighted by Crippen LogP contribution is 2.32. The van der Waals surface area contributed by atoms with Crippen LogP contribution in [0.1, 0.15) is 21.5 Å². The summed E-state index contributed by atoms with van der Waals surface area (Å²) in [6.07, 6.45) is 5.01. The Labute approximate surface area is 194 Å². The summed E-state index contributed by atoms with van der Waals surface area (Å²) < 4.78 is 2.32. The molecule has 0 bridgehead atoms. The van der Waals surface area contributed by atoms with Gasteiger partial charge in [0.1, 0.15) is 6.29 Å². The van der Waals surface area contributed by atoms with Gasteiger partial charge in [0.15, 0.2) is 0 Å². The van der Waals surface area contributed by atoms with E-state index in [1.807, 2.05) is 36.4 Å². The van der Waals surface area contributed by atoms with E-state index in [0.717, 1.165) is 34.5 Å². The van der Waals surface area contributed by atoms with Crippen LogP contribution in [0.15, 0.2) is 121 Å². The van der Waals surface area contributed by atoms with Crippen molar-refractivity contribution in [2.75, 3.05) is 0 Å². The van der Waals surface area contributed by atoms with Crippen LogP contribution in [0.2, 0.25) is 0 Å². The molecular weight excluding hydrogens is 402 g/mol. The number of carbonyl (C=O) groups excluding carboxylic acids is 1. The number of benzene rings is 4. The third-order valence-corrected chi connectivity index (χ3v) is 5.71. The lowest BCUT2D eigenvalue weighted by molar-refractivity contribution is 0.112. The van der Waals surface area contributed by atoms with Gasteiger partial charge in [0.25, 0.3) is 0 Å². The lowest BCUT2D eigenvalue weighted by Gasteiger charge is -2.15. The van der Waals surface area contributed by atoms with E-state index in [2.05, 4.69) is 102 Å². The minimum Gasteiger partial charge on any atom is -0.309 e. The van der Waals surface area contributed by atoms with Gasteiger partial charge in [-0.05, 0) is 46.5 Å². The quantitative estimate of drug-likeness (QED) is 0.201. The molecule has 33 heavy (non-hydrogen) atoms. The van der Waals surface area contributed by atoms with Gasteiger partial charge in [0, 0.05) is 11.3 Å². The smallest absolute Gasteiger partial charge is 0.150 e. The highest BCUT2D eigenvalue weighted by atomic mass is 16.1. The first kappa shape index (κ1) is 20.5. The van der Waals surface area contributed by atoms with Crippen molar-refractivity contribution in [3.8, 4) is 28.2 Å². The van der Waals surface area contributed by atoms with E-state index in [0.29, 0.717) is 5.56 Å². The summed E-state index contributed by atoms with van der Waals surface area (Å²) in [7, 11) is 0. The van der Waals surface area contributed by atoms with Crippen LogP contribution in [0, 0.1) is 0 Å². The van der Waals surface area contributed by atoms with Crippen molar-refractivity contribution >= 4 is 18.4 Å². The molecule has 0 saturated carbocycles. The Morgan fingerprint density at radius 1 is 0.455 bits per heavy atom. The maximum absolute atomic E-state index is 10.8. The van der Waals surface area contributed by atoms with Gasteiger partial charge in [-0.3, -0.25) is 4.79 Å². The van der Waals surface area contributed by atoms with Gasteiger partial charge >= 0.3 is 0 Å². The number of nitrogens with zero attached hydrogens (tertiary/aromatic N) is 1. The molecule has 0 saturated heterocycles. The van der Waals surface area contributed by atoms with Crippen molar-refractivity contribution in [2.24, 2.45) is 0 Å². The Hall–Kier alpha value is -4.43. The Morgan fingerprint density at radius 3 is 1.33 bits per heavy atom. The summed E-state index contributed by atoms with van der Waals surface area (Å²) in [5, 5.41) is 0. The van der Waals surface area contributed by atoms with Gasteiger partial charge in [-0.15, -0.1) is 0 Å². The highest BCUT2D eigenvalue weighted by Gasteiger charge is 2.13. The summed E-state index contributed by atoms with van der Waals surface area (Å²) in [6.45, 7) is 0. The van der Waals surface area contributed by atoms with E-state index >= 15 is 0 Å². The minimum atomic E-state index is 0.687. The predicted octanol–water partition coefficient (Wildman–Crippen LogP) is 7.79. The molecule has 0 aliphatic carbocycles. The van der Waals surface area contributed by atoms with Crippen molar-refractivity contribution in [1.29, 1.82) is 0 Å². The van der Waals surface area contributed by atoms with Gasteiger partial charge < -0.3 is 4.57 Å². The fourth-order valence-electron chi connectivity index (χ4n) is 4.00. The first-order valence-electron chi connectivity index (χ1n) is 11.0. The van der Waals surface area contributed by atoms with E-state index in [-0.39, 0.29) is 0 Å². The lowest BCUT2D eigenvalue weighted by atomic mass is 10.1. The largest absolute Gasteiger partial charge is 0.309 e. The first-order valence-corrected chi connectivity index (χ1v) is 11.0. The standard InChI is InChI=1S/C31H23NO/c33-23-26-15-13-24(14-16-26)11-12-25-17-19-29(20-18-25)32-30(27-7-3-1-4-8-27)21-22-31(32)28-9-5-2-6-10-28/h1-23H. The molecule has 0 N–H and O–H groups in total. The highest BCUT2D eigenvalue weighted by molar-refractivity contribution is 5.77. The molecule has 0 amide bonds.